The zero-order valence-electron chi connectivity index (χ0n) is 19.1. The van der Waals surface area contributed by atoms with Crippen molar-refractivity contribution in [3.05, 3.63) is 82.9 Å². The van der Waals surface area contributed by atoms with Crippen LogP contribution in [0.5, 0.6) is 0 Å². The Hall–Kier alpha value is -3.49. The summed E-state index contributed by atoms with van der Waals surface area (Å²) < 4.78 is 1.91. The summed E-state index contributed by atoms with van der Waals surface area (Å²) in [4.78, 5) is 31.3. The molecule has 2 amide bonds. The van der Waals surface area contributed by atoms with E-state index in [4.69, 9.17) is 0 Å². The van der Waals surface area contributed by atoms with Gasteiger partial charge in [-0.3, -0.25) is 14.5 Å². The molecule has 8 heteroatoms. The molecule has 0 saturated carbocycles. The number of hydrogen-bond donors (Lipinski definition) is 1. The molecule has 1 saturated heterocycles. The van der Waals surface area contributed by atoms with E-state index in [1.807, 2.05) is 83.2 Å². The van der Waals surface area contributed by atoms with Crippen molar-refractivity contribution in [2.75, 3.05) is 32.7 Å². The van der Waals surface area contributed by atoms with Crippen molar-refractivity contribution in [3.8, 4) is 5.69 Å². The maximum absolute atomic E-state index is 13.2. The summed E-state index contributed by atoms with van der Waals surface area (Å²) in [5.41, 5.74) is 2.99. The highest BCUT2D eigenvalue weighted by Gasteiger charge is 2.25. The molecule has 0 spiro atoms. The number of aromatic nitrogens is 2. The number of rotatable bonds is 6. The molecule has 1 N–H and O–H groups in total. The number of carbonyl (C=O) groups is 2. The number of para-hydroxylation sites is 1. The molecule has 3 heterocycles. The molecule has 0 atom stereocenters. The predicted octanol–water partition coefficient (Wildman–Crippen LogP) is 3.47. The van der Waals surface area contributed by atoms with Gasteiger partial charge in [0.1, 0.15) is 4.83 Å². The normalized spacial score (nSPS) is 14.4. The zero-order chi connectivity index (χ0) is 23.5. The lowest BCUT2D eigenvalue weighted by Gasteiger charge is -2.34. The lowest BCUT2D eigenvalue weighted by molar-refractivity contribution is -0.122. The number of nitrogens with zero attached hydrogens (tertiary/aromatic N) is 4. The number of thiophene rings is 1. The van der Waals surface area contributed by atoms with Crippen molar-refractivity contribution in [2.45, 2.75) is 13.5 Å². The molecule has 1 aliphatic rings. The van der Waals surface area contributed by atoms with Gasteiger partial charge in [0.2, 0.25) is 5.91 Å². The van der Waals surface area contributed by atoms with Crippen molar-refractivity contribution in [1.82, 2.24) is 24.9 Å². The van der Waals surface area contributed by atoms with Crippen LogP contribution in [0.2, 0.25) is 0 Å². The Morgan fingerprint density at radius 1 is 0.971 bits per heavy atom. The first-order chi connectivity index (χ1) is 16.6. The Morgan fingerprint density at radius 2 is 1.65 bits per heavy atom. The van der Waals surface area contributed by atoms with Gasteiger partial charge >= 0.3 is 0 Å². The SMILES string of the molecule is Cc1nn(-c2ccccc2)c2sc(C(=O)N3CCN(CC(=O)NCc4ccccc4)CC3)cc12. The van der Waals surface area contributed by atoms with Gasteiger partial charge in [-0.05, 0) is 30.7 Å². The topological polar surface area (TPSA) is 70.5 Å². The van der Waals surface area contributed by atoms with Gasteiger partial charge in [-0.1, -0.05) is 48.5 Å². The highest BCUT2D eigenvalue weighted by molar-refractivity contribution is 7.20. The molecule has 0 unspecified atom stereocenters. The molecule has 34 heavy (non-hydrogen) atoms. The average molecular weight is 474 g/mol. The van der Waals surface area contributed by atoms with Crippen LogP contribution in [0.15, 0.2) is 66.7 Å². The highest BCUT2D eigenvalue weighted by Crippen LogP contribution is 2.31. The molecule has 0 radical (unpaired) electrons. The summed E-state index contributed by atoms with van der Waals surface area (Å²) >= 11 is 1.49. The molecule has 0 aliphatic carbocycles. The van der Waals surface area contributed by atoms with Crippen LogP contribution < -0.4 is 5.32 Å². The largest absolute Gasteiger partial charge is 0.351 e. The molecular weight excluding hydrogens is 446 g/mol. The molecular formula is C26H27N5O2S. The Morgan fingerprint density at radius 3 is 2.35 bits per heavy atom. The maximum atomic E-state index is 13.2. The van der Waals surface area contributed by atoms with Crippen molar-refractivity contribution in [2.24, 2.45) is 0 Å². The van der Waals surface area contributed by atoms with E-state index in [9.17, 15) is 9.59 Å². The number of piperazine rings is 1. The zero-order valence-corrected chi connectivity index (χ0v) is 19.9. The van der Waals surface area contributed by atoms with Crippen LogP contribution >= 0.6 is 11.3 Å². The fraction of sp³-hybridized carbons (Fsp3) is 0.269. The molecule has 1 aliphatic heterocycles. The van der Waals surface area contributed by atoms with Gasteiger partial charge in [0, 0.05) is 38.1 Å². The molecule has 1 fully saturated rings. The molecule has 7 nitrogen and oxygen atoms in total. The van der Waals surface area contributed by atoms with Crippen LogP contribution in [0.1, 0.15) is 20.9 Å². The van der Waals surface area contributed by atoms with Gasteiger partial charge in [-0.2, -0.15) is 5.10 Å². The fourth-order valence-corrected chi connectivity index (χ4v) is 5.37. The van der Waals surface area contributed by atoms with Gasteiger partial charge in [0.15, 0.2) is 0 Å². The Balaban J connectivity index is 1.18. The first kappa shape index (κ1) is 22.3. The second kappa shape index (κ2) is 9.79. The molecule has 2 aromatic heterocycles. The number of hydrogen-bond acceptors (Lipinski definition) is 5. The lowest BCUT2D eigenvalue weighted by atomic mass is 10.2. The van der Waals surface area contributed by atoms with Crippen molar-refractivity contribution in [3.63, 3.8) is 0 Å². The summed E-state index contributed by atoms with van der Waals surface area (Å²) in [6, 6.07) is 21.8. The molecule has 174 valence electrons. The number of nitrogens with one attached hydrogen (secondary N) is 1. The lowest BCUT2D eigenvalue weighted by Crippen LogP contribution is -2.51. The molecule has 4 aromatic rings. The summed E-state index contributed by atoms with van der Waals surface area (Å²) in [7, 11) is 0. The van der Waals surface area contributed by atoms with Gasteiger partial charge < -0.3 is 10.2 Å². The highest BCUT2D eigenvalue weighted by atomic mass is 32.1. The number of benzene rings is 2. The van der Waals surface area contributed by atoms with Crippen molar-refractivity contribution >= 4 is 33.4 Å². The third kappa shape index (κ3) is 4.73. The molecule has 5 rings (SSSR count). The van der Waals surface area contributed by atoms with E-state index in [1.54, 1.807) is 0 Å². The minimum absolute atomic E-state index is 0.00840. The van der Waals surface area contributed by atoms with Crippen LogP contribution in [-0.4, -0.2) is 64.1 Å². The summed E-state index contributed by atoms with van der Waals surface area (Å²) in [6.07, 6.45) is 0. The van der Waals surface area contributed by atoms with E-state index >= 15 is 0 Å². The first-order valence-electron chi connectivity index (χ1n) is 11.5. The van der Waals surface area contributed by atoms with E-state index in [1.165, 1.54) is 11.3 Å². The van der Waals surface area contributed by atoms with Crippen LogP contribution in [0.3, 0.4) is 0 Å². The number of amides is 2. The molecule has 2 aromatic carbocycles. The van der Waals surface area contributed by atoms with E-state index in [0.29, 0.717) is 39.3 Å². The summed E-state index contributed by atoms with van der Waals surface area (Å²) in [5, 5.41) is 8.66. The summed E-state index contributed by atoms with van der Waals surface area (Å²) in [5.74, 6) is 0.0578. The van der Waals surface area contributed by atoms with Crippen LogP contribution in [0, 0.1) is 6.92 Å². The van der Waals surface area contributed by atoms with E-state index in [0.717, 1.165) is 32.0 Å². The standard InChI is InChI=1S/C26H27N5O2S/c1-19-22-16-23(34-26(22)31(28-19)21-10-6-3-7-11-21)25(33)30-14-12-29(13-15-30)18-24(32)27-17-20-8-4-2-5-9-20/h2-11,16H,12-15,17-18H2,1H3,(H,27,32). The van der Waals surface area contributed by atoms with Crippen LogP contribution in [0.25, 0.3) is 15.9 Å². The van der Waals surface area contributed by atoms with Gasteiger partial charge in [0.05, 0.1) is 22.8 Å². The first-order valence-corrected chi connectivity index (χ1v) is 12.3. The second-order valence-corrected chi connectivity index (χ2v) is 9.52. The third-order valence-electron chi connectivity index (χ3n) is 6.12. The number of fused-ring (bicyclic) bond motifs is 1. The smallest absolute Gasteiger partial charge is 0.264 e. The van der Waals surface area contributed by atoms with E-state index < -0.39 is 0 Å². The van der Waals surface area contributed by atoms with Gasteiger partial charge in [0.25, 0.3) is 5.91 Å². The van der Waals surface area contributed by atoms with Crippen molar-refractivity contribution < 1.29 is 9.59 Å². The van der Waals surface area contributed by atoms with E-state index in [2.05, 4.69) is 15.3 Å². The Kier molecular flexibility index (Phi) is 6.42. The van der Waals surface area contributed by atoms with Crippen LogP contribution in [-0.2, 0) is 11.3 Å². The van der Waals surface area contributed by atoms with Gasteiger partial charge in [-0.25, -0.2) is 4.68 Å². The number of aryl methyl sites for hydroxylation is 1. The quantitative estimate of drug-likeness (QED) is 0.466. The maximum Gasteiger partial charge on any atom is 0.264 e. The van der Waals surface area contributed by atoms with Crippen molar-refractivity contribution in [1.29, 1.82) is 0 Å². The minimum atomic E-state index is 0.00840. The minimum Gasteiger partial charge on any atom is -0.351 e. The molecule has 0 bridgehead atoms. The third-order valence-corrected chi connectivity index (χ3v) is 7.21. The Bertz CT molecular complexity index is 1290. The Labute approximate surface area is 202 Å². The van der Waals surface area contributed by atoms with Crippen LogP contribution in [0.4, 0.5) is 0 Å². The second-order valence-electron chi connectivity index (χ2n) is 8.49. The monoisotopic (exact) mass is 473 g/mol. The average Bonchev–Trinajstić information content (AvgIpc) is 3.44. The number of carbonyl (C=O) groups excluding carboxylic acids is 2. The fourth-order valence-electron chi connectivity index (χ4n) is 4.22. The summed E-state index contributed by atoms with van der Waals surface area (Å²) in [6.45, 7) is 5.46. The van der Waals surface area contributed by atoms with Gasteiger partial charge in [-0.15, -0.1) is 11.3 Å². The predicted molar refractivity (Wildman–Crippen MR) is 134 cm³/mol. The van der Waals surface area contributed by atoms with E-state index in [-0.39, 0.29) is 11.8 Å².